The van der Waals surface area contributed by atoms with Crippen LogP contribution in [0, 0.1) is 0 Å². The van der Waals surface area contributed by atoms with Gasteiger partial charge in [0.05, 0.1) is 0 Å². The maximum atomic E-state index is 6.24. The van der Waals surface area contributed by atoms with Crippen LogP contribution in [0.25, 0.3) is 22.8 Å². The summed E-state index contributed by atoms with van der Waals surface area (Å²) in [6.07, 6.45) is 0. The summed E-state index contributed by atoms with van der Waals surface area (Å²) < 4.78 is 0. The van der Waals surface area contributed by atoms with Gasteiger partial charge >= 0.3 is 0 Å². The molecule has 0 unspecified atom stereocenters. The molecule has 156 valence electrons. The molecule has 0 bridgehead atoms. The van der Waals surface area contributed by atoms with Gasteiger partial charge in [-0.25, -0.2) is 19.9 Å². The Balaban J connectivity index is 1.90. The summed E-state index contributed by atoms with van der Waals surface area (Å²) in [5.74, 6) is 1.31. The molecule has 0 aliphatic rings. The van der Waals surface area contributed by atoms with Gasteiger partial charge in [-0.05, 0) is 23.2 Å². The minimum atomic E-state index is -1.15. The van der Waals surface area contributed by atoms with Crippen LogP contribution in [0.5, 0.6) is 0 Å². The molecule has 2 heterocycles. The van der Waals surface area contributed by atoms with E-state index in [2.05, 4.69) is 29.9 Å². The van der Waals surface area contributed by atoms with E-state index >= 15 is 0 Å². The van der Waals surface area contributed by atoms with E-state index in [0.29, 0.717) is 11.6 Å². The molecule has 0 atom stereocenters. The lowest BCUT2D eigenvalue weighted by molar-refractivity contribution is 0.471. The molecule has 4 N–H and O–H groups in total. The highest BCUT2D eigenvalue weighted by Crippen LogP contribution is 2.30. The van der Waals surface area contributed by atoms with Crippen molar-refractivity contribution in [2.45, 2.75) is 5.41 Å². The molecule has 10 heteroatoms. The second-order valence-corrected chi connectivity index (χ2v) is 7.40. The fourth-order valence-corrected chi connectivity index (χ4v) is 3.43. The highest BCUT2D eigenvalue weighted by atomic mass is 35.5. The Kier molecular flexibility index (Phi) is 6.15. The second kappa shape index (κ2) is 8.99. The molecule has 0 saturated heterocycles. The molecule has 0 fully saturated rings. The van der Waals surface area contributed by atoms with Gasteiger partial charge in [-0.3, -0.25) is 0 Å². The van der Waals surface area contributed by atoms with Crippen LogP contribution in [-0.2, 0) is 5.41 Å². The Labute approximate surface area is 188 Å². The van der Waals surface area contributed by atoms with E-state index in [1.54, 1.807) is 0 Å². The Morgan fingerprint density at radius 1 is 0.581 bits per heavy atom. The number of hydrogen-bond donors (Lipinski definition) is 2. The monoisotopic (exact) mass is 452 g/mol. The van der Waals surface area contributed by atoms with Gasteiger partial charge in [-0.2, -0.15) is 9.97 Å². The zero-order valence-electron chi connectivity index (χ0n) is 16.3. The molecule has 2 aromatic carbocycles. The highest BCUT2D eigenvalue weighted by molar-refractivity contribution is 6.28. The smallest absolute Gasteiger partial charge is 0.226 e. The van der Waals surface area contributed by atoms with Gasteiger partial charge in [0.1, 0.15) is 5.41 Å². The molecule has 0 spiro atoms. The largest absolute Gasteiger partial charge is 0.329 e. The van der Waals surface area contributed by atoms with Crippen molar-refractivity contribution in [3.05, 3.63) is 82.9 Å². The molecule has 31 heavy (non-hydrogen) atoms. The molecular formula is C21H18Cl2N8. The van der Waals surface area contributed by atoms with Crippen molar-refractivity contribution in [3.63, 3.8) is 0 Å². The predicted octanol–water partition coefficient (Wildman–Crippen LogP) is 2.90. The standard InChI is InChI=1S/C21H18Cl2N8/c22-19-28-15(13-7-3-1-4-8-13)26-17(30-19)21(11-24,12-25)18-27-16(29-20(23)31-18)14-9-5-2-6-10-14/h1-10H,11-12,24-25H2. The average molecular weight is 453 g/mol. The predicted molar refractivity (Wildman–Crippen MR) is 119 cm³/mol. The first kappa shape index (κ1) is 21.2. The van der Waals surface area contributed by atoms with Crippen LogP contribution in [0.1, 0.15) is 11.6 Å². The molecule has 4 aromatic rings. The molecule has 0 amide bonds. The fourth-order valence-electron chi connectivity index (χ4n) is 3.11. The summed E-state index contributed by atoms with van der Waals surface area (Å²) in [7, 11) is 0. The Morgan fingerprint density at radius 2 is 0.968 bits per heavy atom. The van der Waals surface area contributed by atoms with Gasteiger partial charge in [0.15, 0.2) is 23.3 Å². The van der Waals surface area contributed by atoms with Crippen LogP contribution in [0.15, 0.2) is 60.7 Å². The molecule has 0 radical (unpaired) electrons. The van der Waals surface area contributed by atoms with Gasteiger partial charge < -0.3 is 11.5 Å². The van der Waals surface area contributed by atoms with Crippen LogP contribution >= 0.6 is 23.2 Å². The number of nitrogens with zero attached hydrogens (tertiary/aromatic N) is 6. The summed E-state index contributed by atoms with van der Waals surface area (Å²) in [5.41, 5.74) is 12.8. The van der Waals surface area contributed by atoms with E-state index in [1.807, 2.05) is 60.7 Å². The number of halogens is 2. The van der Waals surface area contributed by atoms with Crippen LogP contribution < -0.4 is 11.5 Å². The van der Waals surface area contributed by atoms with Crippen molar-refractivity contribution < 1.29 is 0 Å². The van der Waals surface area contributed by atoms with Crippen molar-refractivity contribution in [2.75, 3.05) is 13.1 Å². The Bertz CT molecular complexity index is 1090. The topological polar surface area (TPSA) is 129 Å². The van der Waals surface area contributed by atoms with E-state index < -0.39 is 5.41 Å². The first-order valence-corrected chi connectivity index (χ1v) is 10.2. The third-order valence-corrected chi connectivity index (χ3v) is 5.17. The number of hydrogen-bond acceptors (Lipinski definition) is 8. The van der Waals surface area contributed by atoms with E-state index in [-0.39, 0.29) is 35.3 Å². The van der Waals surface area contributed by atoms with Gasteiger partial charge in [0.25, 0.3) is 0 Å². The summed E-state index contributed by atoms with van der Waals surface area (Å²) in [4.78, 5) is 26.4. The minimum Gasteiger partial charge on any atom is -0.329 e. The van der Waals surface area contributed by atoms with E-state index in [9.17, 15) is 0 Å². The number of aromatic nitrogens is 6. The van der Waals surface area contributed by atoms with Gasteiger partial charge in [-0.1, -0.05) is 60.7 Å². The first-order valence-electron chi connectivity index (χ1n) is 9.41. The summed E-state index contributed by atoms with van der Waals surface area (Å²) in [6.45, 7) is 0.0410. The lowest BCUT2D eigenvalue weighted by Gasteiger charge is -2.28. The van der Waals surface area contributed by atoms with Gasteiger partial charge in [0, 0.05) is 24.2 Å². The molecule has 0 saturated carbocycles. The fraction of sp³-hybridized carbons (Fsp3) is 0.143. The molecule has 8 nitrogen and oxygen atoms in total. The lowest BCUT2D eigenvalue weighted by atomic mass is 9.85. The highest BCUT2D eigenvalue weighted by Gasteiger charge is 2.39. The second-order valence-electron chi connectivity index (χ2n) is 6.73. The van der Waals surface area contributed by atoms with E-state index in [1.165, 1.54) is 0 Å². The Hall–Kier alpha value is -3.04. The number of nitrogens with two attached hydrogens (primary N) is 2. The third kappa shape index (κ3) is 4.24. The number of rotatable bonds is 6. The maximum absolute atomic E-state index is 6.24. The average Bonchev–Trinajstić information content (AvgIpc) is 2.81. The summed E-state index contributed by atoms with van der Waals surface area (Å²) in [6, 6.07) is 18.8. The van der Waals surface area contributed by atoms with Crippen molar-refractivity contribution in [1.29, 1.82) is 0 Å². The summed E-state index contributed by atoms with van der Waals surface area (Å²) in [5, 5.41) is 0.0251. The quantitative estimate of drug-likeness (QED) is 0.456. The van der Waals surface area contributed by atoms with E-state index in [4.69, 9.17) is 34.7 Å². The zero-order valence-corrected chi connectivity index (χ0v) is 17.8. The third-order valence-electron chi connectivity index (χ3n) is 4.83. The van der Waals surface area contributed by atoms with Crippen LogP contribution in [0.4, 0.5) is 0 Å². The molecule has 2 aromatic heterocycles. The van der Waals surface area contributed by atoms with Crippen LogP contribution in [0.2, 0.25) is 10.6 Å². The van der Waals surface area contributed by atoms with Crippen molar-refractivity contribution >= 4 is 23.2 Å². The van der Waals surface area contributed by atoms with E-state index in [0.717, 1.165) is 11.1 Å². The SMILES string of the molecule is NCC(CN)(c1nc(Cl)nc(-c2ccccc2)n1)c1nc(Cl)nc(-c2ccccc2)n1. The molecule has 0 aliphatic heterocycles. The first-order chi connectivity index (χ1) is 15.1. The molecule has 0 aliphatic carbocycles. The zero-order chi connectivity index (χ0) is 21.8. The van der Waals surface area contributed by atoms with Crippen LogP contribution in [-0.4, -0.2) is 43.0 Å². The van der Waals surface area contributed by atoms with Crippen LogP contribution in [0.3, 0.4) is 0 Å². The normalized spacial score (nSPS) is 11.5. The Morgan fingerprint density at radius 3 is 1.32 bits per heavy atom. The lowest BCUT2D eigenvalue weighted by Crippen LogP contribution is -2.46. The van der Waals surface area contributed by atoms with Crippen molar-refractivity contribution in [1.82, 2.24) is 29.9 Å². The number of benzene rings is 2. The minimum absolute atomic E-state index is 0.0126. The van der Waals surface area contributed by atoms with Gasteiger partial charge in [-0.15, -0.1) is 0 Å². The maximum Gasteiger partial charge on any atom is 0.226 e. The van der Waals surface area contributed by atoms with Crippen molar-refractivity contribution in [2.24, 2.45) is 11.5 Å². The summed E-state index contributed by atoms with van der Waals surface area (Å²) >= 11 is 12.5. The molecular weight excluding hydrogens is 435 g/mol. The molecule has 4 rings (SSSR count). The van der Waals surface area contributed by atoms with Gasteiger partial charge in [0.2, 0.25) is 10.6 Å². The van der Waals surface area contributed by atoms with Crippen molar-refractivity contribution in [3.8, 4) is 22.8 Å².